The Morgan fingerprint density at radius 2 is 2.07 bits per heavy atom. The lowest BCUT2D eigenvalue weighted by atomic mass is 9.90. The molecule has 1 aliphatic carbocycles. The van der Waals surface area contributed by atoms with Crippen LogP contribution in [0.15, 0.2) is 18.3 Å². The average molecular weight is 425 g/mol. The van der Waals surface area contributed by atoms with E-state index in [-0.39, 0.29) is 55.8 Å². The number of anilines is 1. The van der Waals surface area contributed by atoms with Crippen LogP contribution >= 0.6 is 0 Å². The second kappa shape index (κ2) is 9.95. The number of halogens is 2. The van der Waals surface area contributed by atoms with Crippen molar-refractivity contribution in [3.05, 3.63) is 34.0 Å². The maximum atomic E-state index is 13.6. The van der Waals surface area contributed by atoms with E-state index in [1.807, 2.05) is 13.8 Å². The third kappa shape index (κ3) is 6.21. The van der Waals surface area contributed by atoms with Crippen molar-refractivity contribution in [2.45, 2.75) is 65.3 Å². The summed E-state index contributed by atoms with van der Waals surface area (Å²) in [7, 11) is 0. The molecule has 9 heteroatoms. The summed E-state index contributed by atoms with van der Waals surface area (Å²) < 4.78 is 32.1. The number of hydrogen-bond donors (Lipinski definition) is 0. The summed E-state index contributed by atoms with van der Waals surface area (Å²) in [4.78, 5) is 29.1. The maximum Gasteiger partial charge on any atom is 0.331 e. The van der Waals surface area contributed by atoms with E-state index in [4.69, 9.17) is 4.74 Å². The van der Waals surface area contributed by atoms with Crippen LogP contribution in [0, 0.1) is 16.0 Å². The number of esters is 1. The summed E-state index contributed by atoms with van der Waals surface area (Å²) in [5.41, 5.74) is 0.712. The highest BCUT2D eigenvalue weighted by Crippen LogP contribution is 2.39. The summed E-state index contributed by atoms with van der Waals surface area (Å²) in [6, 6.07) is 1.14. The van der Waals surface area contributed by atoms with Gasteiger partial charge in [0.15, 0.2) is 0 Å². The van der Waals surface area contributed by atoms with Gasteiger partial charge in [-0.1, -0.05) is 13.8 Å². The number of carbonyl (C=O) groups excluding carboxylic acids is 1. The number of alkyl halides is 2. The van der Waals surface area contributed by atoms with Crippen molar-refractivity contribution in [3.8, 4) is 0 Å². The molecule has 2 rings (SSSR count). The van der Waals surface area contributed by atoms with Crippen LogP contribution < -0.4 is 4.90 Å². The van der Waals surface area contributed by atoms with Crippen LogP contribution in [-0.2, 0) is 9.53 Å². The Morgan fingerprint density at radius 3 is 2.60 bits per heavy atom. The quantitative estimate of drug-likeness (QED) is 0.252. The molecule has 0 saturated heterocycles. The molecule has 1 fully saturated rings. The largest absolute Gasteiger partial charge is 0.463 e. The van der Waals surface area contributed by atoms with E-state index < -0.39 is 16.8 Å². The Balaban J connectivity index is 2.41. The Bertz CT molecular complexity index is 801. The van der Waals surface area contributed by atoms with Crippen LogP contribution in [-0.4, -0.2) is 41.0 Å². The molecule has 0 bridgehead atoms. The van der Waals surface area contributed by atoms with Crippen LogP contribution in [0.4, 0.5) is 20.3 Å². The molecule has 166 valence electrons. The molecule has 0 aromatic carbocycles. The first-order valence-corrected chi connectivity index (χ1v) is 10.2. The molecule has 1 aromatic heterocycles. The molecule has 1 saturated carbocycles. The average Bonchev–Trinajstić information content (AvgIpc) is 2.66. The summed E-state index contributed by atoms with van der Waals surface area (Å²) in [5.74, 6) is -2.88. The second-order valence-electron chi connectivity index (χ2n) is 8.04. The van der Waals surface area contributed by atoms with E-state index in [0.29, 0.717) is 17.7 Å². The predicted octanol–water partition coefficient (Wildman–Crippen LogP) is 5.00. The number of allylic oxidation sites excluding steroid dienone is 1. The zero-order valence-corrected chi connectivity index (χ0v) is 17.9. The molecule has 1 aromatic rings. The van der Waals surface area contributed by atoms with Gasteiger partial charge in [0.1, 0.15) is 0 Å². The van der Waals surface area contributed by atoms with Gasteiger partial charge in [-0.05, 0) is 38.2 Å². The van der Waals surface area contributed by atoms with Crippen LogP contribution in [0.3, 0.4) is 0 Å². The lowest BCUT2D eigenvalue weighted by Gasteiger charge is -2.38. The molecule has 0 radical (unpaired) electrons. The standard InChI is InChI=1S/C21H29F2N3O4/c1-5-30-19(27)10-15(4)16-11-18(26(28)29)20(24-12-16)25(13-14(2)3)17-6-8-21(22,23)9-7-17/h10-12,14,17H,5-9,13H2,1-4H3/b15-10+. The van der Waals surface area contributed by atoms with Gasteiger partial charge in [0.2, 0.25) is 11.7 Å². The van der Waals surface area contributed by atoms with E-state index in [1.165, 1.54) is 18.3 Å². The van der Waals surface area contributed by atoms with Crippen LogP contribution in [0.25, 0.3) is 5.57 Å². The number of carbonyl (C=O) groups is 1. The molecule has 30 heavy (non-hydrogen) atoms. The summed E-state index contributed by atoms with van der Waals surface area (Å²) in [5, 5.41) is 11.8. The molecule has 1 heterocycles. The summed E-state index contributed by atoms with van der Waals surface area (Å²) in [6.07, 6.45) is 2.76. The van der Waals surface area contributed by atoms with Gasteiger partial charge in [-0.15, -0.1) is 0 Å². The molecular formula is C21H29F2N3O4. The third-order valence-electron chi connectivity index (χ3n) is 5.08. The molecule has 7 nitrogen and oxygen atoms in total. The first kappa shape index (κ1) is 23.7. The highest BCUT2D eigenvalue weighted by Gasteiger charge is 2.38. The summed E-state index contributed by atoms with van der Waals surface area (Å²) >= 11 is 0. The molecule has 0 unspecified atom stereocenters. The minimum Gasteiger partial charge on any atom is -0.463 e. The van der Waals surface area contributed by atoms with Gasteiger partial charge in [-0.25, -0.2) is 18.6 Å². The minimum atomic E-state index is -2.68. The normalized spacial score (nSPS) is 17.1. The molecule has 0 aliphatic heterocycles. The molecule has 1 aliphatic rings. The summed E-state index contributed by atoms with van der Waals surface area (Å²) in [6.45, 7) is 7.97. The Kier molecular flexibility index (Phi) is 7.86. The SMILES string of the molecule is CCOC(=O)/C=C(\C)c1cnc(N(CC(C)C)C2CCC(F)(F)CC2)c([N+](=O)[O-])c1. The monoisotopic (exact) mass is 425 g/mol. The molecule has 0 spiro atoms. The molecule has 0 atom stereocenters. The Hall–Kier alpha value is -2.58. The fraction of sp³-hybridized carbons (Fsp3) is 0.619. The number of rotatable bonds is 8. The maximum absolute atomic E-state index is 13.6. The van der Waals surface area contributed by atoms with Crippen LogP contribution in [0.2, 0.25) is 0 Å². The van der Waals surface area contributed by atoms with Gasteiger partial charge in [0.05, 0.1) is 11.5 Å². The minimum absolute atomic E-state index is 0.166. The van der Waals surface area contributed by atoms with Gasteiger partial charge in [0, 0.05) is 49.3 Å². The molecule has 0 N–H and O–H groups in total. The van der Waals surface area contributed by atoms with Gasteiger partial charge >= 0.3 is 11.7 Å². The van der Waals surface area contributed by atoms with E-state index in [9.17, 15) is 23.7 Å². The van der Waals surface area contributed by atoms with Crippen molar-refractivity contribution in [1.82, 2.24) is 4.98 Å². The predicted molar refractivity (Wildman–Crippen MR) is 111 cm³/mol. The first-order valence-electron chi connectivity index (χ1n) is 10.2. The molecule has 0 amide bonds. The fourth-order valence-electron chi connectivity index (χ4n) is 3.60. The highest BCUT2D eigenvalue weighted by molar-refractivity contribution is 5.91. The lowest BCUT2D eigenvalue weighted by molar-refractivity contribution is -0.384. The van der Waals surface area contributed by atoms with Crippen molar-refractivity contribution in [1.29, 1.82) is 0 Å². The highest BCUT2D eigenvalue weighted by atomic mass is 19.3. The Morgan fingerprint density at radius 1 is 1.43 bits per heavy atom. The van der Waals surface area contributed by atoms with Crippen molar-refractivity contribution >= 4 is 23.0 Å². The van der Waals surface area contributed by atoms with Crippen molar-refractivity contribution in [2.75, 3.05) is 18.1 Å². The number of nitro groups is 1. The van der Waals surface area contributed by atoms with Crippen molar-refractivity contribution < 1.29 is 23.2 Å². The van der Waals surface area contributed by atoms with Gasteiger partial charge < -0.3 is 9.64 Å². The fourth-order valence-corrected chi connectivity index (χ4v) is 3.60. The Labute approximate surface area is 175 Å². The lowest BCUT2D eigenvalue weighted by Crippen LogP contribution is -2.43. The third-order valence-corrected chi connectivity index (χ3v) is 5.08. The number of ether oxygens (including phenoxy) is 1. The zero-order valence-electron chi connectivity index (χ0n) is 17.9. The van der Waals surface area contributed by atoms with E-state index in [2.05, 4.69) is 4.98 Å². The topological polar surface area (TPSA) is 85.6 Å². The number of pyridine rings is 1. The van der Waals surface area contributed by atoms with E-state index >= 15 is 0 Å². The van der Waals surface area contributed by atoms with E-state index in [0.717, 1.165) is 0 Å². The van der Waals surface area contributed by atoms with Crippen molar-refractivity contribution in [3.63, 3.8) is 0 Å². The van der Waals surface area contributed by atoms with Crippen LogP contribution in [0.1, 0.15) is 58.9 Å². The molecular weight excluding hydrogens is 396 g/mol. The van der Waals surface area contributed by atoms with Gasteiger partial charge in [-0.2, -0.15) is 0 Å². The first-order chi connectivity index (χ1) is 14.0. The zero-order chi connectivity index (χ0) is 22.5. The van der Waals surface area contributed by atoms with Crippen molar-refractivity contribution in [2.24, 2.45) is 5.92 Å². The van der Waals surface area contributed by atoms with E-state index in [1.54, 1.807) is 18.7 Å². The second-order valence-corrected chi connectivity index (χ2v) is 8.04. The number of nitrogens with zero attached hydrogens (tertiary/aromatic N) is 3. The van der Waals surface area contributed by atoms with Crippen LogP contribution in [0.5, 0.6) is 0 Å². The number of aromatic nitrogens is 1. The smallest absolute Gasteiger partial charge is 0.331 e. The number of hydrogen-bond acceptors (Lipinski definition) is 6. The van der Waals surface area contributed by atoms with Gasteiger partial charge in [0.25, 0.3) is 0 Å². The van der Waals surface area contributed by atoms with Gasteiger partial charge in [-0.3, -0.25) is 10.1 Å².